The number of anilines is 1. The summed E-state index contributed by atoms with van der Waals surface area (Å²) >= 11 is 0. The summed E-state index contributed by atoms with van der Waals surface area (Å²) in [5.74, 6) is 1.97. The van der Waals surface area contributed by atoms with E-state index in [0.717, 1.165) is 11.4 Å². The summed E-state index contributed by atoms with van der Waals surface area (Å²) < 4.78 is 6.00. The van der Waals surface area contributed by atoms with E-state index in [-0.39, 0.29) is 18.0 Å². The van der Waals surface area contributed by atoms with Crippen LogP contribution in [0.25, 0.3) is 0 Å². The maximum Gasteiger partial charge on any atom is 0.321 e. The minimum Gasteiger partial charge on any atom is -0.487 e. The third kappa shape index (κ3) is 5.29. The van der Waals surface area contributed by atoms with Gasteiger partial charge in [0.05, 0.1) is 13.1 Å². The van der Waals surface area contributed by atoms with E-state index in [0.29, 0.717) is 44.4 Å². The van der Waals surface area contributed by atoms with Crippen molar-refractivity contribution < 1.29 is 14.3 Å². The molecule has 0 radical (unpaired) electrons. The van der Waals surface area contributed by atoms with E-state index in [1.807, 2.05) is 41.4 Å². The van der Waals surface area contributed by atoms with E-state index in [4.69, 9.17) is 4.74 Å². The van der Waals surface area contributed by atoms with Crippen LogP contribution in [0.15, 0.2) is 48.8 Å². The molecule has 1 aliphatic carbocycles. The zero-order chi connectivity index (χ0) is 22.6. The number of rotatable bonds is 6. The maximum absolute atomic E-state index is 12.5. The number of nitrogens with one attached hydrogen (secondary N) is 1. The minimum atomic E-state index is -0.0880. The highest BCUT2D eigenvalue weighted by atomic mass is 16.5. The number of pyridine rings is 1. The lowest BCUT2D eigenvalue weighted by Crippen LogP contribution is -2.56. The number of aromatic nitrogens is 1. The molecule has 7 nitrogen and oxygen atoms in total. The molecule has 7 heteroatoms. The Morgan fingerprint density at radius 1 is 0.970 bits per heavy atom. The van der Waals surface area contributed by atoms with Crippen molar-refractivity contribution >= 4 is 17.6 Å². The van der Waals surface area contributed by atoms with Crippen LogP contribution in [-0.2, 0) is 4.79 Å². The SMILES string of the molecule is O=C(CC1CCCCC1)N1CC(Oc2ccc(NC(=O)N3CC(c4cccnc4)C3)cc2)C1. The molecule has 3 heterocycles. The van der Waals surface area contributed by atoms with Crippen molar-refractivity contribution in [2.45, 2.75) is 50.5 Å². The second kappa shape index (κ2) is 9.81. The van der Waals surface area contributed by atoms with Gasteiger partial charge in [0.25, 0.3) is 0 Å². The second-order valence-corrected chi connectivity index (χ2v) is 9.59. The molecule has 1 aromatic carbocycles. The van der Waals surface area contributed by atoms with Gasteiger partial charge < -0.3 is 19.9 Å². The number of benzene rings is 1. The first-order valence-corrected chi connectivity index (χ1v) is 12.1. The Morgan fingerprint density at radius 2 is 1.73 bits per heavy atom. The van der Waals surface area contributed by atoms with Crippen molar-refractivity contribution in [2.75, 3.05) is 31.5 Å². The normalized spacial score (nSPS) is 19.5. The van der Waals surface area contributed by atoms with E-state index >= 15 is 0 Å². The number of hydrogen-bond donors (Lipinski definition) is 1. The van der Waals surface area contributed by atoms with Crippen molar-refractivity contribution in [3.8, 4) is 5.75 Å². The number of carbonyl (C=O) groups excluding carboxylic acids is 2. The van der Waals surface area contributed by atoms with Gasteiger partial charge in [-0.25, -0.2) is 4.79 Å². The number of nitrogens with zero attached hydrogens (tertiary/aromatic N) is 3. The molecule has 0 bridgehead atoms. The van der Waals surface area contributed by atoms with E-state index in [2.05, 4.69) is 16.4 Å². The van der Waals surface area contributed by atoms with Gasteiger partial charge >= 0.3 is 6.03 Å². The average molecular weight is 449 g/mol. The topological polar surface area (TPSA) is 74.8 Å². The third-order valence-electron chi connectivity index (χ3n) is 7.12. The lowest BCUT2D eigenvalue weighted by Gasteiger charge is -2.40. The summed E-state index contributed by atoms with van der Waals surface area (Å²) in [4.78, 5) is 32.8. The molecule has 2 aliphatic heterocycles. The van der Waals surface area contributed by atoms with E-state index in [9.17, 15) is 9.59 Å². The Balaban J connectivity index is 1.02. The van der Waals surface area contributed by atoms with E-state index in [1.54, 1.807) is 11.1 Å². The largest absolute Gasteiger partial charge is 0.487 e. The fourth-order valence-corrected chi connectivity index (χ4v) is 4.97. The van der Waals surface area contributed by atoms with Gasteiger partial charge in [0, 0.05) is 43.5 Å². The van der Waals surface area contributed by atoms with Crippen molar-refractivity contribution in [2.24, 2.45) is 5.92 Å². The Labute approximate surface area is 195 Å². The summed E-state index contributed by atoms with van der Waals surface area (Å²) in [6.45, 7) is 2.74. The van der Waals surface area contributed by atoms with Gasteiger partial charge in [-0.3, -0.25) is 9.78 Å². The van der Waals surface area contributed by atoms with Crippen molar-refractivity contribution in [1.29, 1.82) is 0 Å². The number of likely N-dealkylation sites (tertiary alicyclic amines) is 2. The van der Waals surface area contributed by atoms with Crippen LogP contribution in [0.1, 0.15) is 50.0 Å². The van der Waals surface area contributed by atoms with E-state index in [1.165, 1.54) is 37.7 Å². The molecule has 1 N–H and O–H groups in total. The predicted octanol–water partition coefficient (Wildman–Crippen LogP) is 4.27. The van der Waals surface area contributed by atoms with Crippen molar-refractivity contribution in [1.82, 2.24) is 14.8 Å². The molecular formula is C26H32N4O3. The molecule has 0 atom stereocenters. The molecule has 33 heavy (non-hydrogen) atoms. The molecule has 5 rings (SSSR count). The second-order valence-electron chi connectivity index (χ2n) is 9.59. The predicted molar refractivity (Wildman–Crippen MR) is 126 cm³/mol. The molecule has 3 fully saturated rings. The Morgan fingerprint density at radius 3 is 2.42 bits per heavy atom. The fraction of sp³-hybridized carbons (Fsp3) is 0.500. The summed E-state index contributed by atoms with van der Waals surface area (Å²) in [5.41, 5.74) is 1.92. The summed E-state index contributed by atoms with van der Waals surface area (Å²) in [5, 5.41) is 2.95. The quantitative estimate of drug-likeness (QED) is 0.716. The van der Waals surface area contributed by atoms with Crippen LogP contribution in [0.5, 0.6) is 5.75 Å². The lowest BCUT2D eigenvalue weighted by molar-refractivity contribution is -0.141. The molecule has 0 spiro atoms. The zero-order valence-corrected chi connectivity index (χ0v) is 19.0. The zero-order valence-electron chi connectivity index (χ0n) is 19.0. The summed E-state index contributed by atoms with van der Waals surface area (Å²) in [7, 11) is 0. The van der Waals surface area contributed by atoms with Crippen LogP contribution in [0.2, 0.25) is 0 Å². The highest BCUT2D eigenvalue weighted by Gasteiger charge is 2.34. The monoisotopic (exact) mass is 448 g/mol. The number of urea groups is 1. The molecule has 2 saturated heterocycles. The smallest absolute Gasteiger partial charge is 0.321 e. The molecule has 3 amide bonds. The molecule has 3 aliphatic rings. The van der Waals surface area contributed by atoms with Crippen LogP contribution in [0, 0.1) is 5.92 Å². The van der Waals surface area contributed by atoms with Gasteiger partial charge in [-0.1, -0.05) is 25.3 Å². The molecule has 174 valence electrons. The standard InChI is InChI=1S/C26H32N4O3/c31-25(13-19-5-2-1-3-6-19)29-17-24(18-29)33-23-10-8-22(9-11-23)28-26(32)30-15-21(16-30)20-7-4-12-27-14-20/h4,7-12,14,19,21,24H,1-3,5-6,13,15-18H2,(H,28,32). The van der Waals surface area contributed by atoms with Gasteiger partial charge in [0.1, 0.15) is 11.9 Å². The lowest BCUT2D eigenvalue weighted by atomic mass is 9.86. The molecule has 2 aromatic rings. The van der Waals surface area contributed by atoms with Crippen LogP contribution >= 0.6 is 0 Å². The third-order valence-corrected chi connectivity index (χ3v) is 7.12. The first kappa shape index (κ1) is 21.7. The fourth-order valence-electron chi connectivity index (χ4n) is 4.97. The van der Waals surface area contributed by atoms with Gasteiger partial charge in [-0.2, -0.15) is 0 Å². The van der Waals surface area contributed by atoms with Gasteiger partial charge in [-0.15, -0.1) is 0 Å². The van der Waals surface area contributed by atoms with Crippen LogP contribution in [-0.4, -0.2) is 59.0 Å². The van der Waals surface area contributed by atoms with Crippen molar-refractivity contribution in [3.05, 3.63) is 54.4 Å². The van der Waals surface area contributed by atoms with Gasteiger partial charge in [-0.05, 0) is 54.7 Å². The van der Waals surface area contributed by atoms with Crippen molar-refractivity contribution in [3.63, 3.8) is 0 Å². The Hall–Kier alpha value is -3.09. The van der Waals surface area contributed by atoms with Gasteiger partial charge in [0.2, 0.25) is 5.91 Å². The van der Waals surface area contributed by atoms with Crippen LogP contribution < -0.4 is 10.1 Å². The first-order chi connectivity index (χ1) is 16.1. The van der Waals surface area contributed by atoms with Crippen LogP contribution in [0.3, 0.4) is 0 Å². The number of hydrogen-bond acceptors (Lipinski definition) is 4. The highest BCUT2D eigenvalue weighted by molar-refractivity contribution is 5.90. The number of amides is 3. The summed E-state index contributed by atoms with van der Waals surface area (Å²) in [6.07, 6.45) is 10.6. The average Bonchev–Trinajstić information content (AvgIpc) is 2.77. The Kier molecular flexibility index (Phi) is 6.46. The molecule has 1 aromatic heterocycles. The first-order valence-electron chi connectivity index (χ1n) is 12.1. The molecule has 0 unspecified atom stereocenters. The number of carbonyl (C=O) groups is 2. The molecule has 1 saturated carbocycles. The maximum atomic E-state index is 12.5. The summed E-state index contributed by atoms with van der Waals surface area (Å²) in [6, 6.07) is 11.4. The van der Waals surface area contributed by atoms with E-state index < -0.39 is 0 Å². The Bertz CT molecular complexity index is 947. The van der Waals surface area contributed by atoms with Crippen LogP contribution in [0.4, 0.5) is 10.5 Å². The highest BCUT2D eigenvalue weighted by Crippen LogP contribution is 2.29. The molecular weight excluding hydrogens is 416 g/mol. The minimum absolute atomic E-state index is 0.0474. The van der Waals surface area contributed by atoms with Gasteiger partial charge in [0.15, 0.2) is 0 Å². The number of ether oxygens (including phenoxy) is 1.